The van der Waals surface area contributed by atoms with Crippen molar-refractivity contribution in [2.75, 3.05) is 17.3 Å². The van der Waals surface area contributed by atoms with E-state index < -0.39 is 11.8 Å². The van der Waals surface area contributed by atoms with Crippen LogP contribution in [0.3, 0.4) is 0 Å². The summed E-state index contributed by atoms with van der Waals surface area (Å²) in [6.07, 6.45) is 0. The molecule has 0 unspecified atom stereocenters. The van der Waals surface area contributed by atoms with Crippen molar-refractivity contribution >= 4 is 69.8 Å². The Hall–Kier alpha value is -2.64. The number of nitrogens with zero attached hydrogens (tertiary/aromatic N) is 1. The number of nitrogens with one attached hydrogen (secondary N) is 1. The zero-order valence-electron chi connectivity index (χ0n) is 16.6. The van der Waals surface area contributed by atoms with Crippen molar-refractivity contribution in [1.29, 1.82) is 0 Å². The molecule has 0 saturated heterocycles. The number of hydrogen-bond acceptors (Lipinski definition) is 5. The monoisotopic (exact) mass is 504 g/mol. The van der Waals surface area contributed by atoms with E-state index in [2.05, 4.69) is 5.32 Å². The van der Waals surface area contributed by atoms with Gasteiger partial charge in [-0.05, 0) is 48.5 Å². The van der Waals surface area contributed by atoms with E-state index in [0.717, 1.165) is 21.6 Å². The molecule has 0 atom stereocenters. The fourth-order valence-corrected chi connectivity index (χ4v) is 4.53. The molecule has 3 aromatic rings. The van der Waals surface area contributed by atoms with E-state index in [9.17, 15) is 9.59 Å². The zero-order chi connectivity index (χ0) is 22.8. The number of hydrogen-bond donors (Lipinski definition) is 1. The van der Waals surface area contributed by atoms with Crippen molar-refractivity contribution in [3.05, 3.63) is 92.4 Å². The second-order valence-electron chi connectivity index (χ2n) is 6.60. The van der Waals surface area contributed by atoms with Gasteiger partial charge < -0.3 is 10.1 Å². The van der Waals surface area contributed by atoms with Crippen molar-refractivity contribution in [3.63, 3.8) is 0 Å². The third-order valence-electron chi connectivity index (χ3n) is 4.61. The van der Waals surface area contributed by atoms with Crippen LogP contribution < -0.4 is 15.0 Å². The first-order valence-corrected chi connectivity index (χ1v) is 11.3. The number of amides is 2. The standard InChI is InChI=1S/C23H15Cl3N2O3S/c1-31-18-8-3-2-6-16(18)27-20-21(32-14-11-9-13(24)10-12-14)23(30)28(22(20)29)17-7-4-5-15(25)19(17)26/h2-12,27H,1H3. The molecule has 0 aliphatic carbocycles. The second kappa shape index (κ2) is 9.46. The van der Waals surface area contributed by atoms with Crippen LogP contribution in [0.1, 0.15) is 0 Å². The minimum absolute atomic E-state index is 0.107. The zero-order valence-corrected chi connectivity index (χ0v) is 19.6. The van der Waals surface area contributed by atoms with Crippen LogP contribution in [0.4, 0.5) is 11.4 Å². The number of halogens is 3. The molecule has 2 amide bonds. The average Bonchev–Trinajstić information content (AvgIpc) is 3.01. The molecule has 0 spiro atoms. The minimum Gasteiger partial charge on any atom is -0.495 e. The first kappa shape index (κ1) is 22.6. The fourth-order valence-electron chi connectivity index (χ4n) is 3.10. The summed E-state index contributed by atoms with van der Waals surface area (Å²) in [6.45, 7) is 0. The Morgan fingerprint density at radius 1 is 0.875 bits per heavy atom. The Labute approximate surface area is 203 Å². The third-order valence-corrected chi connectivity index (χ3v) is 6.77. The van der Waals surface area contributed by atoms with Crippen LogP contribution >= 0.6 is 46.6 Å². The predicted octanol–water partition coefficient (Wildman–Crippen LogP) is 6.64. The number of thioether (sulfide) groups is 1. The van der Waals surface area contributed by atoms with Gasteiger partial charge in [0.1, 0.15) is 16.4 Å². The van der Waals surface area contributed by atoms with Crippen LogP contribution in [0.25, 0.3) is 0 Å². The summed E-state index contributed by atoms with van der Waals surface area (Å²) in [4.78, 5) is 28.8. The molecule has 32 heavy (non-hydrogen) atoms. The first-order valence-electron chi connectivity index (χ1n) is 9.31. The topological polar surface area (TPSA) is 58.6 Å². The van der Waals surface area contributed by atoms with Gasteiger partial charge in [0, 0.05) is 9.92 Å². The molecule has 0 aromatic heterocycles. The summed E-state index contributed by atoms with van der Waals surface area (Å²) in [5.41, 5.74) is 0.857. The van der Waals surface area contributed by atoms with Gasteiger partial charge in [0.15, 0.2) is 0 Å². The maximum Gasteiger partial charge on any atom is 0.283 e. The molecule has 0 bridgehead atoms. The van der Waals surface area contributed by atoms with Gasteiger partial charge in [-0.1, -0.05) is 64.8 Å². The molecule has 0 fully saturated rings. The Bertz CT molecular complexity index is 1250. The lowest BCUT2D eigenvalue weighted by molar-refractivity contribution is -0.120. The molecule has 0 saturated carbocycles. The lowest BCUT2D eigenvalue weighted by Crippen LogP contribution is -2.32. The molecular formula is C23H15Cl3N2O3S. The molecule has 1 aliphatic heterocycles. The lowest BCUT2D eigenvalue weighted by atomic mass is 10.2. The van der Waals surface area contributed by atoms with E-state index >= 15 is 0 Å². The van der Waals surface area contributed by atoms with E-state index in [1.807, 2.05) is 0 Å². The van der Waals surface area contributed by atoms with Gasteiger partial charge in [-0.15, -0.1) is 0 Å². The Morgan fingerprint density at radius 2 is 1.59 bits per heavy atom. The summed E-state index contributed by atoms with van der Waals surface area (Å²) in [5, 5.41) is 4.00. The number of para-hydroxylation sites is 2. The first-order chi connectivity index (χ1) is 15.4. The molecule has 3 aromatic carbocycles. The van der Waals surface area contributed by atoms with Gasteiger partial charge in [-0.3, -0.25) is 9.59 Å². The predicted molar refractivity (Wildman–Crippen MR) is 130 cm³/mol. The number of rotatable bonds is 6. The van der Waals surface area contributed by atoms with E-state index in [0.29, 0.717) is 16.5 Å². The van der Waals surface area contributed by atoms with Gasteiger partial charge in [-0.2, -0.15) is 0 Å². The molecule has 1 N–H and O–H groups in total. The molecular weight excluding hydrogens is 491 g/mol. The number of imide groups is 1. The molecule has 1 aliphatic rings. The molecule has 1 heterocycles. The van der Waals surface area contributed by atoms with Crippen molar-refractivity contribution in [2.24, 2.45) is 0 Å². The summed E-state index contributed by atoms with van der Waals surface area (Å²) < 4.78 is 5.38. The Kier molecular flexibility index (Phi) is 6.67. The average molecular weight is 506 g/mol. The summed E-state index contributed by atoms with van der Waals surface area (Å²) in [5.74, 6) is -0.548. The number of methoxy groups -OCH3 is 1. The fraction of sp³-hybridized carbons (Fsp3) is 0.0435. The van der Waals surface area contributed by atoms with Crippen LogP contribution in [-0.4, -0.2) is 18.9 Å². The van der Waals surface area contributed by atoms with Crippen LogP contribution in [0, 0.1) is 0 Å². The van der Waals surface area contributed by atoms with E-state index in [4.69, 9.17) is 39.5 Å². The van der Waals surface area contributed by atoms with E-state index in [-0.39, 0.29) is 26.3 Å². The number of ether oxygens (including phenoxy) is 1. The van der Waals surface area contributed by atoms with Crippen LogP contribution in [0.2, 0.25) is 15.1 Å². The third kappa shape index (κ3) is 4.32. The van der Waals surface area contributed by atoms with Crippen LogP contribution in [-0.2, 0) is 9.59 Å². The Balaban J connectivity index is 1.80. The second-order valence-corrected chi connectivity index (χ2v) is 8.91. The molecule has 162 valence electrons. The smallest absolute Gasteiger partial charge is 0.283 e. The van der Waals surface area contributed by atoms with Gasteiger partial charge in [0.25, 0.3) is 11.8 Å². The van der Waals surface area contributed by atoms with Crippen molar-refractivity contribution in [2.45, 2.75) is 4.90 Å². The summed E-state index contributed by atoms with van der Waals surface area (Å²) in [7, 11) is 1.53. The SMILES string of the molecule is COc1ccccc1NC1=C(Sc2ccc(Cl)cc2)C(=O)N(c2cccc(Cl)c2Cl)C1=O. The Morgan fingerprint density at radius 3 is 2.31 bits per heavy atom. The van der Waals surface area contributed by atoms with E-state index in [1.54, 1.807) is 66.7 Å². The quantitative estimate of drug-likeness (QED) is 0.380. The highest BCUT2D eigenvalue weighted by atomic mass is 35.5. The number of anilines is 2. The molecule has 9 heteroatoms. The van der Waals surface area contributed by atoms with E-state index in [1.165, 1.54) is 7.11 Å². The van der Waals surface area contributed by atoms with Crippen molar-refractivity contribution in [3.8, 4) is 5.75 Å². The van der Waals surface area contributed by atoms with Crippen molar-refractivity contribution < 1.29 is 14.3 Å². The van der Waals surface area contributed by atoms with Crippen molar-refractivity contribution in [1.82, 2.24) is 0 Å². The van der Waals surface area contributed by atoms with Gasteiger partial charge >= 0.3 is 0 Å². The molecule has 4 rings (SSSR count). The number of benzene rings is 3. The number of carbonyl (C=O) groups excluding carboxylic acids is 2. The molecule has 5 nitrogen and oxygen atoms in total. The maximum atomic E-state index is 13.4. The van der Waals surface area contributed by atoms with Gasteiger partial charge in [0.2, 0.25) is 0 Å². The lowest BCUT2D eigenvalue weighted by Gasteiger charge is -2.17. The van der Waals surface area contributed by atoms with Crippen LogP contribution in [0.15, 0.2) is 82.2 Å². The maximum absolute atomic E-state index is 13.4. The minimum atomic E-state index is -0.554. The normalized spacial score (nSPS) is 13.7. The van der Waals surface area contributed by atoms with Crippen LogP contribution in [0.5, 0.6) is 5.75 Å². The van der Waals surface area contributed by atoms with Gasteiger partial charge in [-0.25, -0.2) is 4.90 Å². The molecule has 0 radical (unpaired) electrons. The van der Waals surface area contributed by atoms with Gasteiger partial charge in [0.05, 0.1) is 28.5 Å². The highest BCUT2D eigenvalue weighted by molar-refractivity contribution is 8.04. The summed E-state index contributed by atoms with van der Waals surface area (Å²) >= 11 is 19.6. The summed E-state index contributed by atoms with van der Waals surface area (Å²) in [6, 6.07) is 18.9. The highest BCUT2D eigenvalue weighted by Crippen LogP contribution is 2.42. The largest absolute Gasteiger partial charge is 0.495 e. The number of carbonyl (C=O) groups is 2. The highest BCUT2D eigenvalue weighted by Gasteiger charge is 2.41.